The number of carbonyl (C=O) groups is 4. The molecule has 18 heteroatoms. The summed E-state index contributed by atoms with van der Waals surface area (Å²) in [6, 6.07) is 16.7. The fourth-order valence-corrected chi connectivity index (χ4v) is 11.0. The van der Waals surface area contributed by atoms with Crippen LogP contribution in [0.15, 0.2) is 73.1 Å². The Morgan fingerprint density at radius 1 is 0.903 bits per heavy atom. The number of rotatable bonds is 10. The molecule has 5 aliphatic heterocycles. The van der Waals surface area contributed by atoms with E-state index in [0.717, 1.165) is 71.5 Å². The summed E-state index contributed by atoms with van der Waals surface area (Å²) in [5.74, 6) is -3.51. The molecule has 62 heavy (non-hydrogen) atoms. The summed E-state index contributed by atoms with van der Waals surface area (Å²) in [7, 11) is -4.36. The Hall–Kier alpha value is -6.11. The largest absolute Gasteiger partial charge is 0.371 e. The highest BCUT2D eigenvalue weighted by molar-refractivity contribution is 7.90. The first-order valence-corrected chi connectivity index (χ1v) is 22.0. The fraction of sp³-hybridized carbons (Fsp3) is 0.341. The number of fused-ring (bicyclic) bond motifs is 3. The van der Waals surface area contributed by atoms with E-state index in [9.17, 15) is 32.0 Å². The molecule has 320 valence electrons. The highest BCUT2D eigenvalue weighted by Crippen LogP contribution is 2.37. The van der Waals surface area contributed by atoms with Crippen LogP contribution in [-0.4, -0.2) is 107 Å². The van der Waals surface area contributed by atoms with Crippen LogP contribution in [0.5, 0.6) is 0 Å². The van der Waals surface area contributed by atoms with Crippen molar-refractivity contribution in [3.05, 3.63) is 113 Å². The van der Waals surface area contributed by atoms with Gasteiger partial charge < -0.3 is 14.8 Å². The normalized spacial score (nSPS) is 23.0. The molecular weight excluding hydrogens is 826 g/mol. The number of hydrogen-bond donors (Lipinski definition) is 3. The molecule has 0 radical (unpaired) electrons. The number of nitrogens with zero attached hydrogens (tertiary/aromatic N) is 5. The lowest BCUT2D eigenvalue weighted by Gasteiger charge is -2.29. The van der Waals surface area contributed by atoms with Crippen LogP contribution in [0, 0.1) is 23.5 Å². The molecule has 0 unspecified atom stereocenters. The molecule has 4 fully saturated rings. The van der Waals surface area contributed by atoms with Crippen molar-refractivity contribution in [2.75, 3.05) is 48.9 Å². The molecule has 0 saturated carbocycles. The number of H-pyrrole nitrogens is 1. The van der Waals surface area contributed by atoms with Crippen molar-refractivity contribution in [2.45, 2.75) is 44.6 Å². The van der Waals surface area contributed by atoms with Crippen LogP contribution in [0.2, 0.25) is 0 Å². The number of pyridine rings is 1. The average molecular weight is 867 g/mol. The first-order valence-electron chi connectivity index (χ1n) is 20.6. The number of nitrogens with one attached hydrogen (secondary N) is 3. The Balaban J connectivity index is 0.782. The minimum Gasteiger partial charge on any atom is -0.371 e. The van der Waals surface area contributed by atoms with Crippen molar-refractivity contribution in [1.82, 2.24) is 29.4 Å². The lowest BCUT2D eigenvalue weighted by atomic mass is 9.99. The number of alkyl halides is 1. The van der Waals surface area contributed by atoms with Crippen molar-refractivity contribution in [3.8, 4) is 11.1 Å². The van der Waals surface area contributed by atoms with Gasteiger partial charge in [-0.05, 0) is 77.8 Å². The summed E-state index contributed by atoms with van der Waals surface area (Å²) in [5.41, 5.74) is 3.88. The minimum absolute atomic E-state index is 0.000875. The fourth-order valence-electron chi connectivity index (χ4n) is 9.71. The number of anilines is 2. The molecule has 0 spiro atoms. The van der Waals surface area contributed by atoms with Gasteiger partial charge in [-0.1, -0.05) is 24.3 Å². The molecule has 4 saturated heterocycles. The number of halogens is 3. The molecule has 3 aromatic carbocycles. The summed E-state index contributed by atoms with van der Waals surface area (Å²) in [6.45, 7) is 4.29. The number of hydrogen-bond acceptors (Lipinski definition) is 9. The number of imide groups is 1. The summed E-state index contributed by atoms with van der Waals surface area (Å²) in [5, 5.41) is 2.68. The highest BCUT2D eigenvalue weighted by atomic mass is 32.2. The predicted octanol–water partition coefficient (Wildman–Crippen LogP) is 4.77. The third-order valence-electron chi connectivity index (χ3n) is 12.9. The molecule has 5 aromatic rings. The predicted molar refractivity (Wildman–Crippen MR) is 222 cm³/mol. The third kappa shape index (κ3) is 7.18. The molecule has 7 heterocycles. The number of likely N-dealkylation sites (tertiary alicyclic amines) is 1. The molecule has 3 N–H and O–H groups in total. The second kappa shape index (κ2) is 15.4. The molecule has 0 bridgehead atoms. The van der Waals surface area contributed by atoms with Crippen LogP contribution in [0.1, 0.15) is 56.7 Å². The van der Waals surface area contributed by atoms with Gasteiger partial charge in [-0.25, -0.2) is 18.2 Å². The molecule has 5 aliphatic rings. The Bertz CT molecular complexity index is 2790. The molecule has 10 rings (SSSR count). The van der Waals surface area contributed by atoms with Crippen LogP contribution in [0.4, 0.5) is 24.5 Å². The van der Waals surface area contributed by atoms with Crippen molar-refractivity contribution in [1.29, 1.82) is 0 Å². The lowest BCUT2D eigenvalue weighted by molar-refractivity contribution is -0.136. The van der Waals surface area contributed by atoms with Crippen LogP contribution < -0.4 is 14.9 Å². The minimum atomic E-state index is -4.36. The van der Waals surface area contributed by atoms with E-state index in [2.05, 4.69) is 31.2 Å². The zero-order valence-corrected chi connectivity index (χ0v) is 34.1. The van der Waals surface area contributed by atoms with Gasteiger partial charge in [0.1, 0.15) is 23.7 Å². The van der Waals surface area contributed by atoms with E-state index in [1.165, 1.54) is 6.20 Å². The van der Waals surface area contributed by atoms with E-state index in [-0.39, 0.29) is 43.3 Å². The van der Waals surface area contributed by atoms with Gasteiger partial charge in [0.15, 0.2) is 5.82 Å². The van der Waals surface area contributed by atoms with Gasteiger partial charge in [0, 0.05) is 98.9 Å². The summed E-state index contributed by atoms with van der Waals surface area (Å²) in [4.78, 5) is 64.7. The van der Waals surface area contributed by atoms with Crippen molar-refractivity contribution >= 4 is 56.1 Å². The summed E-state index contributed by atoms with van der Waals surface area (Å²) >= 11 is 0. The van der Waals surface area contributed by atoms with Crippen LogP contribution in [0.3, 0.4) is 0 Å². The molecule has 2 aromatic heterocycles. The smallest absolute Gasteiger partial charge is 0.301 e. The second-order valence-corrected chi connectivity index (χ2v) is 18.5. The monoisotopic (exact) mass is 866 g/mol. The van der Waals surface area contributed by atoms with Crippen LogP contribution in [-0.2, 0) is 32.9 Å². The van der Waals surface area contributed by atoms with Crippen LogP contribution >= 0.6 is 0 Å². The first-order chi connectivity index (χ1) is 29.8. The summed E-state index contributed by atoms with van der Waals surface area (Å²) < 4.78 is 73.0. The van der Waals surface area contributed by atoms with Gasteiger partial charge >= 0.3 is 10.2 Å². The average Bonchev–Trinajstić information content (AvgIpc) is 4.09. The topological polar surface area (TPSA) is 168 Å². The SMILES string of the molecule is O=C1CC[C@@H](N2Cc3cc(CN4C[C@@H]5CN(c6ccc(-c7cnc8[nH]cc(C(=O)c9c(F)ccc(NS(=O)(=O)N%10CC[C@@H](F)C%10)c9F)c8c7)cc6)C[C@@H]5C4)ccc3C2=O)C(=O)N1. The Morgan fingerprint density at radius 2 is 1.68 bits per heavy atom. The zero-order chi connectivity index (χ0) is 43.0. The molecular formula is C44H41F3N8O6S. The third-order valence-corrected chi connectivity index (χ3v) is 14.4. The molecule has 4 atom stereocenters. The highest BCUT2D eigenvalue weighted by Gasteiger charge is 2.42. The Kier molecular flexibility index (Phi) is 9.90. The Labute approximate surface area is 354 Å². The maximum absolute atomic E-state index is 15.8. The van der Waals surface area contributed by atoms with Crippen molar-refractivity contribution < 1.29 is 40.8 Å². The zero-order valence-electron chi connectivity index (χ0n) is 33.2. The number of aromatic amines is 1. The first kappa shape index (κ1) is 40.0. The molecule has 3 amide bonds. The van der Waals surface area contributed by atoms with E-state index in [0.29, 0.717) is 47.0 Å². The van der Waals surface area contributed by atoms with E-state index >= 15 is 8.78 Å². The Morgan fingerprint density at radius 3 is 2.40 bits per heavy atom. The number of piperidine rings is 1. The molecule has 0 aliphatic carbocycles. The van der Waals surface area contributed by atoms with Gasteiger partial charge in [-0.3, -0.25) is 34.1 Å². The van der Waals surface area contributed by atoms with E-state index < -0.39 is 57.0 Å². The van der Waals surface area contributed by atoms with Crippen molar-refractivity contribution in [3.63, 3.8) is 0 Å². The van der Waals surface area contributed by atoms with Gasteiger partial charge in [0.05, 0.1) is 11.3 Å². The number of benzene rings is 3. The van der Waals surface area contributed by atoms with Gasteiger partial charge in [0.25, 0.3) is 5.91 Å². The molecule has 14 nitrogen and oxygen atoms in total. The number of ketones is 1. The van der Waals surface area contributed by atoms with Gasteiger partial charge in [0.2, 0.25) is 17.6 Å². The maximum atomic E-state index is 15.8. The number of aromatic nitrogens is 2. The van der Waals surface area contributed by atoms with Crippen molar-refractivity contribution in [2.24, 2.45) is 11.8 Å². The lowest BCUT2D eigenvalue weighted by Crippen LogP contribution is -2.52. The summed E-state index contributed by atoms with van der Waals surface area (Å²) in [6.07, 6.45) is 2.15. The van der Waals surface area contributed by atoms with E-state index in [1.807, 2.05) is 41.1 Å². The standard InChI is InChI=1S/C44H41F3N8O6S/c45-30-11-12-54(23-30)62(60,61)51-36-8-7-35(46)39(40(36)47)41(57)34-16-49-42-33(34)14-26(15-48-42)25-2-4-31(5-3-25)53-20-28-18-52(19-29(28)21-53)17-24-1-6-32-27(13-24)22-55(44(32)59)37-9-10-38(56)50-43(37)58/h1-8,13-16,28-30,37,51H,9-12,17-23H2,(H,48,49)(H,50,56,58)/t28-,29+,30-,37-/m1/s1. The second-order valence-electron chi connectivity index (χ2n) is 16.8. The van der Waals surface area contributed by atoms with Gasteiger partial charge in [-0.15, -0.1) is 0 Å². The quantitative estimate of drug-likeness (QED) is 0.132. The number of carbonyl (C=O) groups excluding carboxylic acids is 4. The van der Waals surface area contributed by atoms with Crippen LogP contribution in [0.25, 0.3) is 22.2 Å². The van der Waals surface area contributed by atoms with E-state index in [4.69, 9.17) is 0 Å². The van der Waals surface area contributed by atoms with E-state index in [1.54, 1.807) is 17.2 Å². The maximum Gasteiger partial charge on any atom is 0.301 e. The number of amides is 3. The van der Waals surface area contributed by atoms with Gasteiger partial charge in [-0.2, -0.15) is 12.7 Å².